The van der Waals surface area contributed by atoms with Crippen molar-refractivity contribution in [3.8, 4) is 11.4 Å². The Bertz CT molecular complexity index is 775. The maximum atomic E-state index is 5.45. The number of rotatable bonds is 4. The standard InChI is InChI=1S/C18H19N3O.ClH/c1-2-6-15-14(4-1)5-3-7-16(15)18-20-17(22-21-18)9-8-13-10-11-19-12-13;/h1-7,13,19H,8-12H2;1H. The Morgan fingerprint density at radius 1 is 1.13 bits per heavy atom. The third-order valence-corrected chi connectivity index (χ3v) is 4.43. The van der Waals surface area contributed by atoms with Crippen molar-refractivity contribution in [2.75, 3.05) is 13.1 Å². The Hall–Kier alpha value is -1.91. The molecule has 0 aliphatic carbocycles. The Balaban J connectivity index is 0.00000156. The van der Waals surface area contributed by atoms with E-state index in [1.54, 1.807) is 0 Å². The normalized spacial score (nSPS) is 17.3. The highest BCUT2D eigenvalue weighted by Crippen LogP contribution is 2.26. The van der Waals surface area contributed by atoms with Crippen molar-refractivity contribution < 1.29 is 4.52 Å². The summed E-state index contributed by atoms with van der Waals surface area (Å²) in [5.74, 6) is 2.18. The monoisotopic (exact) mass is 329 g/mol. The summed E-state index contributed by atoms with van der Waals surface area (Å²) in [6.07, 6.45) is 3.23. The van der Waals surface area contributed by atoms with Gasteiger partial charge in [-0.2, -0.15) is 4.98 Å². The molecule has 5 heteroatoms. The fourth-order valence-electron chi connectivity index (χ4n) is 3.17. The second-order valence-electron chi connectivity index (χ2n) is 5.94. The lowest BCUT2D eigenvalue weighted by molar-refractivity contribution is 0.365. The van der Waals surface area contributed by atoms with Crippen LogP contribution in [0.15, 0.2) is 47.0 Å². The molecule has 1 atom stereocenters. The van der Waals surface area contributed by atoms with E-state index in [9.17, 15) is 0 Å². The largest absolute Gasteiger partial charge is 0.339 e. The van der Waals surface area contributed by atoms with Crippen LogP contribution < -0.4 is 5.32 Å². The summed E-state index contributed by atoms with van der Waals surface area (Å²) in [4.78, 5) is 4.59. The van der Waals surface area contributed by atoms with Crippen LogP contribution in [-0.4, -0.2) is 23.2 Å². The molecule has 0 saturated carbocycles. The number of fused-ring (bicyclic) bond motifs is 1. The molecule has 0 spiro atoms. The van der Waals surface area contributed by atoms with Crippen molar-refractivity contribution in [3.05, 3.63) is 48.4 Å². The fraction of sp³-hybridized carbons (Fsp3) is 0.333. The van der Waals surface area contributed by atoms with Crippen LogP contribution in [0.4, 0.5) is 0 Å². The van der Waals surface area contributed by atoms with Gasteiger partial charge in [-0.05, 0) is 42.6 Å². The van der Waals surface area contributed by atoms with Crippen molar-refractivity contribution in [1.29, 1.82) is 0 Å². The predicted octanol–water partition coefficient (Wildman–Crippen LogP) is 3.85. The lowest BCUT2D eigenvalue weighted by Crippen LogP contribution is -2.09. The minimum atomic E-state index is 0. The van der Waals surface area contributed by atoms with E-state index in [0.717, 1.165) is 48.7 Å². The Morgan fingerprint density at radius 3 is 2.87 bits per heavy atom. The van der Waals surface area contributed by atoms with Crippen LogP contribution in [0.2, 0.25) is 0 Å². The first-order chi connectivity index (χ1) is 10.9. The number of hydrogen-bond donors (Lipinski definition) is 1. The number of aryl methyl sites for hydroxylation is 1. The van der Waals surface area contributed by atoms with E-state index < -0.39 is 0 Å². The van der Waals surface area contributed by atoms with Gasteiger partial charge < -0.3 is 9.84 Å². The summed E-state index contributed by atoms with van der Waals surface area (Å²) < 4.78 is 5.45. The number of nitrogens with one attached hydrogen (secondary N) is 1. The number of hydrogen-bond acceptors (Lipinski definition) is 4. The van der Waals surface area contributed by atoms with Crippen LogP contribution in [0.5, 0.6) is 0 Å². The molecule has 1 fully saturated rings. The summed E-state index contributed by atoms with van der Waals surface area (Å²) in [6.45, 7) is 2.25. The van der Waals surface area contributed by atoms with E-state index in [4.69, 9.17) is 4.52 Å². The van der Waals surface area contributed by atoms with Crippen LogP contribution in [0, 0.1) is 5.92 Å². The molecule has 4 rings (SSSR count). The van der Waals surface area contributed by atoms with Crippen molar-refractivity contribution >= 4 is 23.2 Å². The molecule has 3 aromatic rings. The van der Waals surface area contributed by atoms with Gasteiger partial charge in [-0.1, -0.05) is 47.6 Å². The minimum absolute atomic E-state index is 0. The first-order valence-corrected chi connectivity index (χ1v) is 7.91. The maximum Gasteiger partial charge on any atom is 0.226 e. The maximum absolute atomic E-state index is 5.45. The number of benzene rings is 2. The Morgan fingerprint density at radius 2 is 2.00 bits per heavy atom. The molecule has 2 heterocycles. The first-order valence-electron chi connectivity index (χ1n) is 7.91. The number of nitrogens with zero attached hydrogens (tertiary/aromatic N) is 2. The van der Waals surface area contributed by atoms with E-state index in [0.29, 0.717) is 5.82 Å². The van der Waals surface area contributed by atoms with Crippen molar-refractivity contribution in [2.45, 2.75) is 19.3 Å². The second-order valence-corrected chi connectivity index (χ2v) is 5.94. The smallest absolute Gasteiger partial charge is 0.226 e. The molecule has 0 radical (unpaired) electrons. The van der Waals surface area contributed by atoms with Gasteiger partial charge in [0, 0.05) is 12.0 Å². The minimum Gasteiger partial charge on any atom is -0.339 e. The quantitative estimate of drug-likeness (QED) is 0.789. The molecule has 1 aliphatic rings. The highest BCUT2D eigenvalue weighted by atomic mass is 35.5. The van der Waals surface area contributed by atoms with Gasteiger partial charge in [-0.3, -0.25) is 0 Å². The van der Waals surface area contributed by atoms with Crippen LogP contribution in [0.25, 0.3) is 22.2 Å². The third-order valence-electron chi connectivity index (χ3n) is 4.43. The fourth-order valence-corrected chi connectivity index (χ4v) is 3.17. The van der Waals surface area contributed by atoms with E-state index in [1.807, 2.05) is 18.2 Å². The zero-order valence-electron chi connectivity index (χ0n) is 12.9. The van der Waals surface area contributed by atoms with Crippen molar-refractivity contribution in [3.63, 3.8) is 0 Å². The third kappa shape index (κ3) is 3.38. The van der Waals surface area contributed by atoms with Gasteiger partial charge in [-0.15, -0.1) is 12.4 Å². The Kier molecular flexibility index (Phi) is 4.94. The van der Waals surface area contributed by atoms with Crippen molar-refractivity contribution in [2.24, 2.45) is 5.92 Å². The molecule has 1 aliphatic heterocycles. The molecular weight excluding hydrogens is 310 g/mol. The van der Waals surface area contributed by atoms with Crippen LogP contribution >= 0.6 is 12.4 Å². The molecule has 120 valence electrons. The molecule has 4 nitrogen and oxygen atoms in total. The average molecular weight is 330 g/mol. The highest BCUT2D eigenvalue weighted by Gasteiger charge is 2.17. The average Bonchev–Trinajstić information content (AvgIpc) is 3.24. The predicted molar refractivity (Wildman–Crippen MR) is 93.8 cm³/mol. The summed E-state index contributed by atoms with van der Waals surface area (Å²) in [5.41, 5.74) is 1.04. The summed E-state index contributed by atoms with van der Waals surface area (Å²) in [5, 5.41) is 9.93. The van der Waals surface area contributed by atoms with E-state index in [-0.39, 0.29) is 12.4 Å². The van der Waals surface area contributed by atoms with Crippen LogP contribution in [0.3, 0.4) is 0 Å². The molecule has 1 aromatic heterocycles. The van der Waals surface area contributed by atoms with Gasteiger partial charge in [0.15, 0.2) is 0 Å². The zero-order valence-corrected chi connectivity index (χ0v) is 13.7. The summed E-state index contributed by atoms with van der Waals surface area (Å²) in [7, 11) is 0. The lowest BCUT2D eigenvalue weighted by Gasteiger charge is -2.04. The topological polar surface area (TPSA) is 51.0 Å². The molecule has 0 amide bonds. The van der Waals surface area contributed by atoms with Crippen LogP contribution in [-0.2, 0) is 6.42 Å². The van der Waals surface area contributed by atoms with Crippen LogP contribution in [0.1, 0.15) is 18.7 Å². The molecule has 1 N–H and O–H groups in total. The van der Waals surface area contributed by atoms with E-state index >= 15 is 0 Å². The summed E-state index contributed by atoms with van der Waals surface area (Å²) >= 11 is 0. The first kappa shape index (κ1) is 16.0. The SMILES string of the molecule is Cl.c1ccc2c(-c3noc(CCC4CCNC4)n3)cccc2c1. The van der Waals surface area contributed by atoms with Gasteiger partial charge in [0.05, 0.1) is 0 Å². The lowest BCUT2D eigenvalue weighted by atomic mass is 10.0. The summed E-state index contributed by atoms with van der Waals surface area (Å²) in [6, 6.07) is 14.5. The van der Waals surface area contributed by atoms with E-state index in [1.165, 1.54) is 11.8 Å². The van der Waals surface area contributed by atoms with Gasteiger partial charge in [0.2, 0.25) is 11.7 Å². The van der Waals surface area contributed by atoms with E-state index in [2.05, 4.69) is 39.7 Å². The zero-order chi connectivity index (χ0) is 14.8. The number of aromatic nitrogens is 2. The van der Waals surface area contributed by atoms with Gasteiger partial charge in [0.25, 0.3) is 0 Å². The molecule has 23 heavy (non-hydrogen) atoms. The second kappa shape index (κ2) is 7.11. The molecular formula is C18H20ClN3O. The van der Waals surface area contributed by atoms with Gasteiger partial charge in [-0.25, -0.2) is 0 Å². The highest BCUT2D eigenvalue weighted by molar-refractivity contribution is 5.94. The van der Waals surface area contributed by atoms with Crippen molar-refractivity contribution in [1.82, 2.24) is 15.5 Å². The number of halogens is 1. The Labute approximate surface area is 141 Å². The van der Waals surface area contributed by atoms with Gasteiger partial charge >= 0.3 is 0 Å². The molecule has 1 saturated heterocycles. The molecule has 1 unspecified atom stereocenters. The van der Waals surface area contributed by atoms with Gasteiger partial charge in [0.1, 0.15) is 0 Å². The molecule has 2 aromatic carbocycles. The molecule has 0 bridgehead atoms.